The number of nitrogen functional groups attached to an aromatic ring is 1. The van der Waals surface area contributed by atoms with Crippen LogP contribution in [0.3, 0.4) is 0 Å². The second-order valence-corrected chi connectivity index (χ2v) is 11.4. The zero-order valence-corrected chi connectivity index (χ0v) is 26.3. The molecule has 3 N–H and O–H groups in total. The standard InChI is InChI=1S/C34H36N7O6/c1-38(30(42)10-7-18-41(2,44)25-17-19-46-21-25)28-20-24(13-16-29(28)45-3)40-33-31(32(35)36-22-37-33)39(34(40)43)23-11-14-27(15-12-23)47-26-8-5-4-6-9-26/h4-16,20,22,25,44H,17-19,21H2,1-3H3,(H2,35,36,37)/q+1/b10-7+/t25?,41-/m1/s1. The molecule has 5 aromatic rings. The van der Waals surface area contributed by atoms with Crippen LogP contribution in [0.15, 0.2) is 96.1 Å². The number of aromatic nitrogens is 4. The van der Waals surface area contributed by atoms with Crippen LogP contribution in [0.4, 0.5) is 11.5 Å². The molecule has 0 saturated carbocycles. The number of imidazole rings is 1. The van der Waals surface area contributed by atoms with E-state index >= 15 is 0 Å². The lowest BCUT2D eigenvalue weighted by Crippen LogP contribution is -2.50. The van der Waals surface area contributed by atoms with Crippen molar-refractivity contribution in [1.29, 1.82) is 0 Å². The average Bonchev–Trinajstić information content (AvgIpc) is 3.73. The molecule has 1 amide bonds. The fourth-order valence-electron chi connectivity index (χ4n) is 5.59. The number of nitrogens with two attached hydrogens (primary N) is 1. The molecule has 0 aliphatic carbocycles. The number of quaternary nitrogens is 1. The Morgan fingerprint density at radius 2 is 1.81 bits per heavy atom. The molecule has 1 fully saturated rings. The van der Waals surface area contributed by atoms with Crippen molar-refractivity contribution in [2.45, 2.75) is 12.5 Å². The number of benzene rings is 3. The number of nitrogens with zero attached hydrogens (tertiary/aromatic N) is 6. The quantitative estimate of drug-likeness (QED) is 0.131. The van der Waals surface area contributed by atoms with Crippen molar-refractivity contribution in [2.75, 3.05) is 51.6 Å². The van der Waals surface area contributed by atoms with Gasteiger partial charge in [0.15, 0.2) is 11.5 Å². The molecule has 0 bridgehead atoms. The number of methoxy groups -OCH3 is 1. The minimum Gasteiger partial charge on any atom is -0.495 e. The summed E-state index contributed by atoms with van der Waals surface area (Å²) in [6, 6.07) is 21.4. The van der Waals surface area contributed by atoms with Gasteiger partial charge in [-0.2, -0.15) is 4.65 Å². The Hall–Kier alpha value is -5.50. The van der Waals surface area contributed by atoms with Crippen molar-refractivity contribution in [3.05, 3.63) is 102 Å². The molecule has 13 nitrogen and oxygen atoms in total. The molecule has 2 aromatic heterocycles. The number of ether oxygens (including phenoxy) is 3. The largest absolute Gasteiger partial charge is 0.495 e. The molecule has 1 aliphatic rings. The van der Waals surface area contributed by atoms with Gasteiger partial charge in [0.1, 0.15) is 48.3 Å². The Balaban J connectivity index is 1.33. The van der Waals surface area contributed by atoms with E-state index in [-0.39, 0.29) is 34.6 Å². The first kappa shape index (κ1) is 31.5. The lowest BCUT2D eigenvalue weighted by Gasteiger charge is -2.29. The van der Waals surface area contributed by atoms with Crippen molar-refractivity contribution in [2.24, 2.45) is 0 Å². The Kier molecular flexibility index (Phi) is 8.76. The number of para-hydroxylation sites is 1. The van der Waals surface area contributed by atoms with E-state index < -0.39 is 5.69 Å². The van der Waals surface area contributed by atoms with Gasteiger partial charge >= 0.3 is 5.69 Å². The lowest BCUT2D eigenvalue weighted by molar-refractivity contribution is -1.10. The van der Waals surface area contributed by atoms with Crippen LogP contribution in [-0.4, -0.2) is 81.9 Å². The van der Waals surface area contributed by atoms with Crippen LogP contribution in [-0.2, 0) is 9.53 Å². The molecule has 1 saturated heterocycles. The topological polar surface area (TPSA) is 147 Å². The van der Waals surface area contributed by atoms with Crippen molar-refractivity contribution in [3.63, 3.8) is 0 Å². The second-order valence-electron chi connectivity index (χ2n) is 11.4. The van der Waals surface area contributed by atoms with Gasteiger partial charge in [0.05, 0.1) is 37.8 Å². The number of amides is 1. The summed E-state index contributed by atoms with van der Waals surface area (Å²) in [5, 5.41) is 10.8. The molecule has 2 atom stereocenters. The minimum absolute atomic E-state index is 0.0527. The fraction of sp³-hybridized carbons (Fsp3) is 0.235. The van der Waals surface area contributed by atoms with Gasteiger partial charge in [-0.05, 0) is 60.7 Å². The minimum atomic E-state index is -0.440. The summed E-state index contributed by atoms with van der Waals surface area (Å²) >= 11 is 0. The SMILES string of the molecule is COc1ccc(-n2c(=O)n(-c3ccc(Oc4ccccc4)cc3)c3c(N)ncnc32)cc1N(C)C(=O)/C=C/C[N@@+](C)(O)C1CCOC1. The second kappa shape index (κ2) is 13.1. The molecular formula is C34H36N7O6+. The van der Waals surface area contributed by atoms with Gasteiger partial charge in [0.2, 0.25) is 0 Å². The third-order valence-electron chi connectivity index (χ3n) is 8.26. The molecule has 0 radical (unpaired) electrons. The smallest absolute Gasteiger partial charge is 0.339 e. The zero-order valence-electron chi connectivity index (χ0n) is 26.3. The lowest BCUT2D eigenvalue weighted by atomic mass is 10.2. The van der Waals surface area contributed by atoms with Gasteiger partial charge in [-0.15, -0.1) is 0 Å². The summed E-state index contributed by atoms with van der Waals surface area (Å²) in [5.41, 5.74) is 7.87. The Morgan fingerprint density at radius 1 is 1.09 bits per heavy atom. The zero-order chi connectivity index (χ0) is 33.1. The summed E-state index contributed by atoms with van der Waals surface area (Å²) in [7, 11) is 4.81. The fourth-order valence-corrected chi connectivity index (χ4v) is 5.59. The van der Waals surface area contributed by atoms with Crippen LogP contribution in [0.1, 0.15) is 6.42 Å². The summed E-state index contributed by atoms with van der Waals surface area (Å²) in [6.07, 6.45) is 5.09. The third-order valence-corrected chi connectivity index (χ3v) is 8.26. The number of rotatable bonds is 10. The molecule has 3 aromatic carbocycles. The Labute approximate surface area is 270 Å². The number of anilines is 2. The number of carbonyl (C=O) groups is 1. The molecule has 6 rings (SSSR count). The van der Waals surface area contributed by atoms with Crippen molar-refractivity contribution >= 4 is 28.6 Å². The monoisotopic (exact) mass is 638 g/mol. The first-order valence-electron chi connectivity index (χ1n) is 15.0. The van der Waals surface area contributed by atoms with E-state index in [0.29, 0.717) is 53.0 Å². The summed E-state index contributed by atoms with van der Waals surface area (Å²) in [5.74, 6) is 1.48. The predicted molar refractivity (Wildman–Crippen MR) is 177 cm³/mol. The summed E-state index contributed by atoms with van der Waals surface area (Å²) in [6.45, 7) is 1.32. The van der Waals surface area contributed by atoms with E-state index in [0.717, 1.165) is 6.42 Å². The Bertz CT molecular complexity index is 1980. The molecule has 242 valence electrons. The number of hydrogen-bond acceptors (Lipinski definition) is 9. The van der Waals surface area contributed by atoms with E-state index in [9.17, 15) is 14.8 Å². The van der Waals surface area contributed by atoms with Gasteiger partial charge < -0.3 is 24.8 Å². The molecule has 13 heteroatoms. The van der Waals surface area contributed by atoms with Crippen molar-refractivity contribution in [3.8, 4) is 28.6 Å². The number of carbonyl (C=O) groups excluding carboxylic acids is 1. The number of likely N-dealkylation sites (N-methyl/N-ethyl adjacent to an activating group) is 2. The normalized spacial score (nSPS) is 16.0. The number of fused-ring (bicyclic) bond motifs is 1. The van der Waals surface area contributed by atoms with Crippen molar-refractivity contribution < 1.29 is 28.9 Å². The van der Waals surface area contributed by atoms with Crippen LogP contribution >= 0.6 is 0 Å². The maximum atomic E-state index is 14.1. The van der Waals surface area contributed by atoms with Crippen molar-refractivity contribution in [1.82, 2.24) is 19.1 Å². The summed E-state index contributed by atoms with van der Waals surface area (Å²) < 4.78 is 19.5. The highest BCUT2D eigenvalue weighted by molar-refractivity contribution is 6.02. The number of hydrogen-bond donors (Lipinski definition) is 2. The highest BCUT2D eigenvalue weighted by atomic mass is 16.6. The van der Waals surface area contributed by atoms with E-state index in [1.807, 2.05) is 30.3 Å². The molecule has 3 heterocycles. The molecule has 1 aliphatic heterocycles. The van der Waals surface area contributed by atoms with Crippen LogP contribution in [0.5, 0.6) is 17.2 Å². The summed E-state index contributed by atoms with van der Waals surface area (Å²) in [4.78, 5) is 37.4. The number of hydroxylamine groups is 3. The van der Waals surface area contributed by atoms with E-state index in [2.05, 4.69) is 9.97 Å². The highest BCUT2D eigenvalue weighted by Gasteiger charge is 2.34. The van der Waals surface area contributed by atoms with Gasteiger partial charge in [-0.1, -0.05) is 18.2 Å². The Morgan fingerprint density at radius 3 is 2.51 bits per heavy atom. The maximum absolute atomic E-state index is 14.1. The molecule has 1 unspecified atom stereocenters. The first-order valence-corrected chi connectivity index (χ1v) is 15.0. The van der Waals surface area contributed by atoms with Gasteiger partial charge in [0.25, 0.3) is 5.91 Å². The van der Waals surface area contributed by atoms with Gasteiger partial charge in [-0.25, -0.2) is 24.5 Å². The maximum Gasteiger partial charge on any atom is 0.339 e. The van der Waals surface area contributed by atoms with Crippen LogP contribution < -0.4 is 25.8 Å². The van der Waals surface area contributed by atoms with Crippen LogP contribution in [0, 0.1) is 0 Å². The van der Waals surface area contributed by atoms with Crippen LogP contribution in [0.2, 0.25) is 0 Å². The first-order chi connectivity index (χ1) is 22.7. The molecule has 47 heavy (non-hydrogen) atoms. The molecule has 0 spiro atoms. The highest BCUT2D eigenvalue weighted by Crippen LogP contribution is 2.32. The van der Waals surface area contributed by atoms with Gasteiger partial charge in [-0.3, -0.25) is 9.36 Å². The van der Waals surface area contributed by atoms with Crippen LogP contribution in [0.25, 0.3) is 22.5 Å². The predicted octanol–water partition coefficient (Wildman–Crippen LogP) is 4.10. The average molecular weight is 639 g/mol. The van der Waals surface area contributed by atoms with E-state index in [4.69, 9.17) is 19.9 Å². The van der Waals surface area contributed by atoms with E-state index in [1.54, 1.807) is 62.6 Å². The third kappa shape index (κ3) is 6.31. The molecular weight excluding hydrogens is 602 g/mol. The van der Waals surface area contributed by atoms with Gasteiger partial charge in [0, 0.05) is 19.5 Å². The van der Waals surface area contributed by atoms with E-state index in [1.165, 1.54) is 33.5 Å².